The van der Waals surface area contributed by atoms with Crippen molar-refractivity contribution in [2.24, 2.45) is 0 Å². The average molecular weight is 294 g/mol. The summed E-state index contributed by atoms with van der Waals surface area (Å²) in [6, 6.07) is 5.21. The highest BCUT2D eigenvalue weighted by Gasteiger charge is 2.27. The third-order valence-electron chi connectivity index (χ3n) is 3.77. The molecule has 2 rings (SSSR count). The van der Waals surface area contributed by atoms with Crippen molar-refractivity contribution in [3.8, 4) is 0 Å². The van der Waals surface area contributed by atoms with Gasteiger partial charge in [-0.15, -0.1) is 0 Å². The summed E-state index contributed by atoms with van der Waals surface area (Å²) in [5, 5.41) is 11.6. The van der Waals surface area contributed by atoms with Crippen molar-refractivity contribution in [1.82, 2.24) is 0 Å². The maximum Gasteiger partial charge on any atom is 0.282 e. The first kappa shape index (κ1) is 14.8. The van der Waals surface area contributed by atoms with E-state index in [0.717, 1.165) is 18.0 Å². The van der Waals surface area contributed by atoms with Crippen LogP contribution in [0.1, 0.15) is 31.1 Å². The molecule has 1 aliphatic rings. The molecule has 2 atom stereocenters. The fourth-order valence-corrected chi connectivity index (χ4v) is 3.54. The van der Waals surface area contributed by atoms with Gasteiger partial charge >= 0.3 is 0 Å². The van der Waals surface area contributed by atoms with Gasteiger partial charge in [0.05, 0.1) is 10.5 Å². The van der Waals surface area contributed by atoms with Crippen molar-refractivity contribution < 1.29 is 9.72 Å². The number of Topliss-reactive ketones (excluding diaryl/α,β-unsaturated/α-hetero) is 1. The molecule has 1 saturated heterocycles. The van der Waals surface area contributed by atoms with Gasteiger partial charge in [0.15, 0.2) is 5.78 Å². The Bertz CT molecular complexity index is 547. The molecule has 5 nitrogen and oxygen atoms in total. The predicted octanol–water partition coefficient (Wildman–Crippen LogP) is 3.13. The minimum atomic E-state index is -0.479. The Morgan fingerprint density at radius 2 is 2.15 bits per heavy atom. The molecule has 1 aromatic rings. The summed E-state index contributed by atoms with van der Waals surface area (Å²) >= 11 is 1.91. The summed E-state index contributed by atoms with van der Waals surface area (Å²) in [5.41, 5.74) is 0.889. The van der Waals surface area contributed by atoms with E-state index in [2.05, 4.69) is 18.7 Å². The molecule has 0 saturated carbocycles. The zero-order valence-corrected chi connectivity index (χ0v) is 12.6. The second-order valence-electron chi connectivity index (χ2n) is 5.02. The minimum absolute atomic E-state index is 0.104. The third-order valence-corrected chi connectivity index (χ3v) is 5.11. The van der Waals surface area contributed by atoms with Crippen LogP contribution in [0.15, 0.2) is 18.2 Å². The molecule has 1 aliphatic heterocycles. The molecule has 0 aromatic heterocycles. The summed E-state index contributed by atoms with van der Waals surface area (Å²) in [6.45, 7) is 6.51. The lowest BCUT2D eigenvalue weighted by molar-refractivity contribution is -0.385. The van der Waals surface area contributed by atoms with Crippen LogP contribution < -0.4 is 4.90 Å². The van der Waals surface area contributed by atoms with Crippen LogP contribution >= 0.6 is 11.8 Å². The molecule has 1 heterocycles. The molecular weight excluding hydrogens is 276 g/mol. The molecule has 2 unspecified atom stereocenters. The standard InChI is InChI=1S/C14H18N2O3S/c1-9-11(3)20-7-6-15(9)12-4-5-13(10(2)17)14(8-12)16(18)19/h4-5,8-9,11H,6-7H2,1-3H3. The number of hydrogen-bond donors (Lipinski definition) is 0. The van der Waals surface area contributed by atoms with E-state index in [9.17, 15) is 14.9 Å². The Kier molecular flexibility index (Phi) is 4.32. The smallest absolute Gasteiger partial charge is 0.282 e. The van der Waals surface area contributed by atoms with Crippen molar-refractivity contribution in [2.45, 2.75) is 32.1 Å². The Hall–Kier alpha value is -1.56. The number of ketones is 1. The van der Waals surface area contributed by atoms with E-state index >= 15 is 0 Å². The predicted molar refractivity (Wildman–Crippen MR) is 81.8 cm³/mol. The van der Waals surface area contributed by atoms with E-state index in [1.165, 1.54) is 13.0 Å². The van der Waals surface area contributed by atoms with E-state index in [1.54, 1.807) is 6.07 Å². The molecule has 0 aliphatic carbocycles. The molecule has 108 valence electrons. The molecule has 0 amide bonds. The van der Waals surface area contributed by atoms with Crippen molar-refractivity contribution in [1.29, 1.82) is 0 Å². The largest absolute Gasteiger partial charge is 0.367 e. The Morgan fingerprint density at radius 3 is 2.75 bits per heavy atom. The monoisotopic (exact) mass is 294 g/mol. The van der Waals surface area contributed by atoms with Gasteiger partial charge in [-0.3, -0.25) is 14.9 Å². The van der Waals surface area contributed by atoms with E-state index in [0.29, 0.717) is 11.3 Å². The summed E-state index contributed by atoms with van der Waals surface area (Å²) in [5.74, 6) is 0.729. The van der Waals surface area contributed by atoms with Gasteiger partial charge in [-0.25, -0.2) is 0 Å². The number of hydrogen-bond acceptors (Lipinski definition) is 5. The quantitative estimate of drug-likeness (QED) is 0.487. The molecule has 1 fully saturated rings. The van der Waals surface area contributed by atoms with E-state index in [4.69, 9.17) is 0 Å². The lowest BCUT2D eigenvalue weighted by atomic mass is 10.1. The van der Waals surface area contributed by atoms with Gasteiger partial charge in [0.1, 0.15) is 0 Å². The van der Waals surface area contributed by atoms with Crippen molar-refractivity contribution in [3.05, 3.63) is 33.9 Å². The second kappa shape index (κ2) is 5.83. The van der Waals surface area contributed by atoms with Crippen LogP contribution in [0.3, 0.4) is 0 Å². The number of nitrogens with zero attached hydrogens (tertiary/aromatic N) is 2. The molecule has 6 heteroatoms. The number of carbonyl (C=O) groups excluding carboxylic acids is 1. The Morgan fingerprint density at radius 1 is 1.45 bits per heavy atom. The highest BCUT2D eigenvalue weighted by molar-refractivity contribution is 8.00. The van der Waals surface area contributed by atoms with Gasteiger partial charge in [-0.2, -0.15) is 11.8 Å². The number of rotatable bonds is 3. The Labute approximate surface area is 122 Å². The van der Waals surface area contributed by atoms with Crippen LogP contribution in [0, 0.1) is 10.1 Å². The lowest BCUT2D eigenvalue weighted by Crippen LogP contribution is -2.44. The van der Waals surface area contributed by atoms with E-state index in [1.807, 2.05) is 17.8 Å². The van der Waals surface area contributed by atoms with Crippen molar-refractivity contribution in [2.75, 3.05) is 17.2 Å². The Balaban J connectivity index is 2.40. The van der Waals surface area contributed by atoms with Crippen LogP contribution in [0.25, 0.3) is 0 Å². The van der Waals surface area contributed by atoms with Gasteiger partial charge in [0.25, 0.3) is 5.69 Å². The number of carbonyl (C=O) groups is 1. The molecular formula is C14H18N2O3S. The fourth-order valence-electron chi connectivity index (χ4n) is 2.44. The topological polar surface area (TPSA) is 63.5 Å². The van der Waals surface area contributed by atoms with E-state index < -0.39 is 4.92 Å². The summed E-state index contributed by atoms with van der Waals surface area (Å²) in [6.07, 6.45) is 0. The lowest BCUT2D eigenvalue weighted by Gasteiger charge is -2.39. The van der Waals surface area contributed by atoms with E-state index in [-0.39, 0.29) is 17.0 Å². The molecule has 0 spiro atoms. The third kappa shape index (κ3) is 2.80. The number of thioether (sulfide) groups is 1. The van der Waals surface area contributed by atoms with Crippen molar-refractivity contribution in [3.63, 3.8) is 0 Å². The number of nitro benzene ring substituents is 1. The average Bonchev–Trinajstić information content (AvgIpc) is 2.41. The van der Waals surface area contributed by atoms with Gasteiger partial charge in [0, 0.05) is 35.3 Å². The first-order valence-electron chi connectivity index (χ1n) is 6.59. The highest BCUT2D eigenvalue weighted by atomic mass is 32.2. The number of anilines is 1. The molecule has 0 N–H and O–H groups in total. The zero-order valence-electron chi connectivity index (χ0n) is 11.8. The van der Waals surface area contributed by atoms with Gasteiger partial charge in [-0.05, 0) is 26.0 Å². The normalized spacial score (nSPS) is 22.6. The van der Waals surface area contributed by atoms with Gasteiger partial charge < -0.3 is 4.90 Å². The van der Waals surface area contributed by atoms with Gasteiger partial charge in [-0.1, -0.05) is 6.92 Å². The maximum absolute atomic E-state index is 11.5. The SMILES string of the molecule is CC(=O)c1ccc(N2CCSC(C)C2C)cc1[N+](=O)[O-]. The van der Waals surface area contributed by atoms with Crippen LogP contribution in [0.2, 0.25) is 0 Å². The summed E-state index contributed by atoms with van der Waals surface area (Å²) in [4.78, 5) is 24.3. The van der Waals surface area contributed by atoms with Crippen molar-refractivity contribution >= 4 is 28.9 Å². The van der Waals surface area contributed by atoms with Gasteiger partial charge in [0.2, 0.25) is 0 Å². The first-order chi connectivity index (χ1) is 9.41. The minimum Gasteiger partial charge on any atom is -0.367 e. The highest BCUT2D eigenvalue weighted by Crippen LogP contribution is 2.32. The molecule has 0 radical (unpaired) electrons. The fraction of sp³-hybridized carbons (Fsp3) is 0.500. The first-order valence-corrected chi connectivity index (χ1v) is 7.64. The van der Waals surface area contributed by atoms with Crippen LogP contribution in [0.5, 0.6) is 0 Å². The second-order valence-corrected chi connectivity index (χ2v) is 6.51. The molecule has 20 heavy (non-hydrogen) atoms. The van der Waals surface area contributed by atoms with Crippen LogP contribution in [-0.2, 0) is 0 Å². The zero-order chi connectivity index (χ0) is 14.9. The summed E-state index contributed by atoms with van der Waals surface area (Å²) in [7, 11) is 0. The maximum atomic E-state index is 11.5. The summed E-state index contributed by atoms with van der Waals surface area (Å²) < 4.78 is 0. The number of nitro groups is 1. The van der Waals surface area contributed by atoms with Crippen LogP contribution in [-0.4, -0.2) is 34.3 Å². The van der Waals surface area contributed by atoms with Crippen LogP contribution in [0.4, 0.5) is 11.4 Å². The molecule has 0 bridgehead atoms. The molecule has 1 aromatic carbocycles. The number of benzene rings is 1.